The van der Waals surface area contributed by atoms with Gasteiger partial charge in [-0.25, -0.2) is 4.98 Å². The van der Waals surface area contributed by atoms with Crippen molar-refractivity contribution in [3.05, 3.63) is 17.0 Å². The van der Waals surface area contributed by atoms with Gasteiger partial charge in [0.05, 0.1) is 6.20 Å². The lowest BCUT2D eigenvalue weighted by Crippen LogP contribution is -2.01. The second-order valence-corrected chi connectivity index (χ2v) is 2.61. The van der Waals surface area contributed by atoms with E-state index in [2.05, 4.69) is 15.9 Å². The summed E-state index contributed by atoms with van der Waals surface area (Å²) in [6, 6.07) is 1.89. The van der Waals surface area contributed by atoms with Crippen molar-refractivity contribution in [2.24, 2.45) is 0 Å². The first kappa shape index (κ1) is 10.3. The Morgan fingerprint density at radius 1 is 1.64 bits per heavy atom. The number of nitriles is 1. The van der Waals surface area contributed by atoms with Gasteiger partial charge in [0.1, 0.15) is 18.2 Å². The average Bonchev–Trinajstić information content (AvgIpc) is 2.19. The number of nitrogens with zero attached hydrogens (tertiary/aromatic N) is 3. The zero-order valence-corrected chi connectivity index (χ0v) is 7.95. The van der Waals surface area contributed by atoms with Crippen molar-refractivity contribution >= 4 is 11.6 Å². The van der Waals surface area contributed by atoms with Crippen LogP contribution in [0.5, 0.6) is 5.88 Å². The fraction of sp³-hybridized carbons (Fsp3) is 0.222. The third kappa shape index (κ3) is 2.62. The quantitative estimate of drug-likeness (QED) is 0.427. The molecule has 4 nitrogen and oxygen atoms in total. The van der Waals surface area contributed by atoms with E-state index < -0.39 is 0 Å². The molecule has 0 atom stereocenters. The maximum atomic E-state index is 8.67. The van der Waals surface area contributed by atoms with Gasteiger partial charge in [0.2, 0.25) is 11.2 Å². The summed E-state index contributed by atoms with van der Waals surface area (Å²) < 4.78 is 5.15. The lowest BCUT2D eigenvalue weighted by molar-refractivity contribution is 0.313. The van der Waals surface area contributed by atoms with Gasteiger partial charge in [0.15, 0.2) is 0 Å². The summed E-state index contributed by atoms with van der Waals surface area (Å²) in [5, 5.41) is 8.71. The van der Waals surface area contributed by atoms with Crippen LogP contribution >= 0.6 is 11.6 Å². The minimum atomic E-state index is 0.0414. The molecule has 0 saturated carbocycles. The second kappa shape index (κ2) is 5.06. The standard InChI is InChI=1S/C9H6ClN3O/c1-2-3-4-14-8-7(5-11)6-12-9(10)13-8/h1,6H,3-4H2. The van der Waals surface area contributed by atoms with Crippen LogP contribution in [0.15, 0.2) is 6.20 Å². The maximum Gasteiger partial charge on any atom is 0.236 e. The molecule has 1 heterocycles. The average molecular weight is 208 g/mol. The highest BCUT2D eigenvalue weighted by molar-refractivity contribution is 6.28. The zero-order valence-electron chi connectivity index (χ0n) is 7.20. The molecular weight excluding hydrogens is 202 g/mol. The predicted molar refractivity (Wildman–Crippen MR) is 50.7 cm³/mol. The van der Waals surface area contributed by atoms with Gasteiger partial charge in [0.25, 0.3) is 0 Å². The third-order valence-corrected chi connectivity index (χ3v) is 1.51. The molecule has 0 fully saturated rings. The van der Waals surface area contributed by atoms with Gasteiger partial charge in [-0.15, -0.1) is 12.3 Å². The molecule has 0 radical (unpaired) electrons. The van der Waals surface area contributed by atoms with E-state index in [0.29, 0.717) is 13.0 Å². The van der Waals surface area contributed by atoms with E-state index in [1.54, 1.807) is 0 Å². The highest BCUT2D eigenvalue weighted by Crippen LogP contribution is 2.15. The van der Waals surface area contributed by atoms with Gasteiger partial charge >= 0.3 is 0 Å². The summed E-state index contributed by atoms with van der Waals surface area (Å²) >= 11 is 5.53. The summed E-state index contributed by atoms with van der Waals surface area (Å²) in [5.41, 5.74) is 0.242. The fourth-order valence-electron chi connectivity index (χ4n) is 0.739. The van der Waals surface area contributed by atoms with Gasteiger partial charge in [-0.2, -0.15) is 10.2 Å². The first-order valence-electron chi connectivity index (χ1n) is 3.77. The molecule has 0 amide bonds. The highest BCUT2D eigenvalue weighted by atomic mass is 35.5. The Labute approximate surface area is 86.5 Å². The van der Waals surface area contributed by atoms with Crippen molar-refractivity contribution < 1.29 is 4.74 Å². The van der Waals surface area contributed by atoms with E-state index >= 15 is 0 Å². The van der Waals surface area contributed by atoms with Crippen LogP contribution in [0, 0.1) is 23.7 Å². The highest BCUT2D eigenvalue weighted by Gasteiger charge is 2.06. The smallest absolute Gasteiger partial charge is 0.236 e. The summed E-state index contributed by atoms with van der Waals surface area (Å²) in [5.74, 6) is 2.57. The normalized spacial score (nSPS) is 8.79. The zero-order chi connectivity index (χ0) is 10.4. The Bertz CT molecular complexity index is 405. The number of terminal acetylenes is 1. The Hall–Kier alpha value is -1.78. The summed E-state index contributed by atoms with van der Waals surface area (Å²) in [6.45, 7) is 0.304. The van der Waals surface area contributed by atoms with Crippen molar-refractivity contribution in [3.8, 4) is 24.3 Å². The number of halogens is 1. The van der Waals surface area contributed by atoms with Crippen LogP contribution in [0.2, 0.25) is 5.28 Å². The predicted octanol–water partition coefficient (Wildman–Crippen LogP) is 1.40. The molecule has 0 aliphatic rings. The molecule has 0 spiro atoms. The Kier molecular flexibility index (Phi) is 3.72. The van der Waals surface area contributed by atoms with E-state index in [9.17, 15) is 0 Å². The largest absolute Gasteiger partial charge is 0.476 e. The van der Waals surface area contributed by atoms with Crippen LogP contribution in [-0.4, -0.2) is 16.6 Å². The topological polar surface area (TPSA) is 58.8 Å². The van der Waals surface area contributed by atoms with Gasteiger partial charge in [0, 0.05) is 6.42 Å². The van der Waals surface area contributed by atoms with E-state index in [4.69, 9.17) is 28.0 Å². The van der Waals surface area contributed by atoms with Crippen LogP contribution in [0.25, 0.3) is 0 Å². The molecule has 0 bridgehead atoms. The van der Waals surface area contributed by atoms with Crippen LogP contribution < -0.4 is 4.74 Å². The first-order chi connectivity index (χ1) is 6.77. The lowest BCUT2D eigenvalue weighted by atomic mass is 10.3. The van der Waals surface area contributed by atoms with Gasteiger partial charge in [-0.3, -0.25) is 0 Å². The molecule has 70 valence electrons. The van der Waals surface area contributed by atoms with E-state index in [-0.39, 0.29) is 16.7 Å². The van der Waals surface area contributed by atoms with Crippen LogP contribution in [0.4, 0.5) is 0 Å². The molecule has 0 aliphatic carbocycles. The molecular formula is C9H6ClN3O. The van der Waals surface area contributed by atoms with Gasteiger partial charge in [-0.05, 0) is 11.6 Å². The molecule has 1 aromatic heterocycles. The first-order valence-corrected chi connectivity index (χ1v) is 4.14. The van der Waals surface area contributed by atoms with Crippen LogP contribution in [0.3, 0.4) is 0 Å². The molecule has 0 unspecified atom stereocenters. The molecule has 5 heteroatoms. The molecule has 1 rings (SSSR count). The third-order valence-electron chi connectivity index (χ3n) is 1.33. The Balaban J connectivity index is 2.80. The van der Waals surface area contributed by atoms with Crippen molar-refractivity contribution in [2.75, 3.05) is 6.61 Å². The minimum absolute atomic E-state index is 0.0414. The van der Waals surface area contributed by atoms with E-state index in [1.165, 1.54) is 6.20 Å². The second-order valence-electron chi connectivity index (χ2n) is 2.27. The molecule has 0 aromatic carbocycles. The lowest BCUT2D eigenvalue weighted by Gasteiger charge is -2.03. The number of ether oxygens (including phenoxy) is 1. The minimum Gasteiger partial charge on any atom is -0.476 e. The van der Waals surface area contributed by atoms with Crippen molar-refractivity contribution in [2.45, 2.75) is 6.42 Å². The van der Waals surface area contributed by atoms with Crippen molar-refractivity contribution in [3.63, 3.8) is 0 Å². The molecule has 0 N–H and O–H groups in total. The number of aromatic nitrogens is 2. The van der Waals surface area contributed by atoms with Crippen molar-refractivity contribution in [1.29, 1.82) is 5.26 Å². The monoisotopic (exact) mass is 207 g/mol. The maximum absolute atomic E-state index is 8.67. The van der Waals surface area contributed by atoms with E-state index in [0.717, 1.165) is 0 Å². The van der Waals surface area contributed by atoms with Crippen LogP contribution in [0.1, 0.15) is 12.0 Å². The molecule has 14 heavy (non-hydrogen) atoms. The summed E-state index contributed by atoms with van der Waals surface area (Å²) in [7, 11) is 0. The Morgan fingerprint density at radius 3 is 3.07 bits per heavy atom. The fourth-order valence-corrected chi connectivity index (χ4v) is 0.865. The number of hydrogen-bond donors (Lipinski definition) is 0. The molecule has 1 aromatic rings. The SMILES string of the molecule is C#CCCOc1nc(Cl)ncc1C#N. The number of rotatable bonds is 3. The summed E-state index contributed by atoms with van der Waals surface area (Å²) in [6.07, 6.45) is 6.80. The van der Waals surface area contributed by atoms with Crippen LogP contribution in [-0.2, 0) is 0 Å². The van der Waals surface area contributed by atoms with Gasteiger partial charge < -0.3 is 4.74 Å². The van der Waals surface area contributed by atoms with E-state index in [1.807, 2.05) is 6.07 Å². The molecule has 0 aliphatic heterocycles. The van der Waals surface area contributed by atoms with Gasteiger partial charge in [-0.1, -0.05) is 0 Å². The Morgan fingerprint density at radius 2 is 2.43 bits per heavy atom. The summed E-state index contributed by atoms with van der Waals surface area (Å²) in [4.78, 5) is 7.41. The molecule has 0 saturated heterocycles. The number of hydrogen-bond acceptors (Lipinski definition) is 4. The van der Waals surface area contributed by atoms with Crippen molar-refractivity contribution in [1.82, 2.24) is 9.97 Å².